The maximum Gasteiger partial charge on any atom is 0.323 e. The van der Waals surface area contributed by atoms with Gasteiger partial charge in [-0.05, 0) is 24.3 Å². The Morgan fingerprint density at radius 1 is 1.33 bits per heavy atom. The molecule has 0 aliphatic heterocycles. The molecule has 10 heteroatoms. The van der Waals surface area contributed by atoms with Crippen LogP contribution in [-0.2, 0) is 11.3 Å². The summed E-state index contributed by atoms with van der Waals surface area (Å²) in [5, 5.41) is 24.9. The lowest BCUT2D eigenvalue weighted by Crippen LogP contribution is -2.42. The van der Waals surface area contributed by atoms with E-state index in [0.717, 1.165) is 4.90 Å². The molecule has 21 heavy (non-hydrogen) atoms. The number of hydrogen-bond donors (Lipinski definition) is 3. The molecule has 2 aromatic rings. The van der Waals surface area contributed by atoms with Gasteiger partial charge in [-0.3, -0.25) is 9.69 Å². The van der Waals surface area contributed by atoms with Crippen molar-refractivity contribution in [2.24, 2.45) is 0 Å². The average molecular weight is 311 g/mol. The van der Waals surface area contributed by atoms with Crippen LogP contribution in [0.2, 0.25) is 5.02 Å². The summed E-state index contributed by atoms with van der Waals surface area (Å²) in [6.07, 6.45) is 0. The Labute approximate surface area is 123 Å². The summed E-state index contributed by atoms with van der Waals surface area (Å²) in [5.41, 5.74) is 0.410. The molecule has 0 atom stereocenters. The van der Waals surface area contributed by atoms with Crippen molar-refractivity contribution in [2.75, 3.05) is 11.4 Å². The molecule has 0 radical (unpaired) electrons. The van der Waals surface area contributed by atoms with Crippen LogP contribution in [0, 0.1) is 0 Å². The molecular weight excluding hydrogens is 300 g/mol. The first-order chi connectivity index (χ1) is 10.1. The van der Waals surface area contributed by atoms with E-state index in [9.17, 15) is 9.59 Å². The van der Waals surface area contributed by atoms with E-state index in [-0.39, 0.29) is 12.4 Å². The molecule has 3 N–H and O–H groups in total. The molecule has 0 bridgehead atoms. The maximum atomic E-state index is 12.1. The number of aliphatic carboxylic acids is 1. The second kappa shape index (κ2) is 6.66. The number of benzene rings is 1. The first-order valence-corrected chi connectivity index (χ1v) is 6.19. The third-order valence-electron chi connectivity index (χ3n) is 2.46. The highest BCUT2D eigenvalue weighted by Crippen LogP contribution is 2.18. The topological polar surface area (TPSA) is 124 Å². The van der Waals surface area contributed by atoms with Crippen LogP contribution in [0.5, 0.6) is 0 Å². The van der Waals surface area contributed by atoms with Crippen molar-refractivity contribution < 1.29 is 14.7 Å². The molecule has 1 aromatic carbocycles. The lowest BCUT2D eigenvalue weighted by molar-refractivity contribution is -0.135. The van der Waals surface area contributed by atoms with Crippen molar-refractivity contribution in [3.05, 3.63) is 35.1 Å². The predicted molar refractivity (Wildman–Crippen MR) is 72.8 cm³/mol. The Morgan fingerprint density at radius 3 is 2.62 bits per heavy atom. The minimum atomic E-state index is -1.14. The van der Waals surface area contributed by atoms with Gasteiger partial charge >= 0.3 is 12.0 Å². The van der Waals surface area contributed by atoms with E-state index in [1.54, 1.807) is 24.3 Å². The van der Waals surface area contributed by atoms with E-state index >= 15 is 0 Å². The minimum absolute atomic E-state index is 0.0268. The lowest BCUT2D eigenvalue weighted by Gasteiger charge is -2.21. The number of H-pyrrole nitrogens is 1. The summed E-state index contributed by atoms with van der Waals surface area (Å²) in [7, 11) is 0. The SMILES string of the molecule is O=C(O)CN(C(=O)NCc1nn[nH]n1)c1ccc(Cl)cc1. The first kappa shape index (κ1) is 14.7. The van der Waals surface area contributed by atoms with Crippen molar-refractivity contribution in [2.45, 2.75) is 6.54 Å². The zero-order chi connectivity index (χ0) is 15.2. The van der Waals surface area contributed by atoms with E-state index in [4.69, 9.17) is 16.7 Å². The van der Waals surface area contributed by atoms with Gasteiger partial charge in [-0.15, -0.1) is 10.2 Å². The summed E-state index contributed by atoms with van der Waals surface area (Å²) >= 11 is 5.77. The standard InChI is InChI=1S/C11H11ClN6O3/c12-7-1-3-8(4-2-7)18(6-10(19)20)11(21)13-5-9-14-16-17-15-9/h1-4H,5-6H2,(H,13,21)(H,19,20)(H,14,15,16,17). The second-order valence-electron chi connectivity index (χ2n) is 3.94. The van der Waals surface area contributed by atoms with Gasteiger partial charge in [0.15, 0.2) is 5.82 Å². The maximum absolute atomic E-state index is 12.1. The zero-order valence-electron chi connectivity index (χ0n) is 10.7. The quantitative estimate of drug-likeness (QED) is 0.745. The van der Waals surface area contributed by atoms with Gasteiger partial charge in [-0.1, -0.05) is 16.8 Å². The molecule has 0 aliphatic rings. The van der Waals surface area contributed by atoms with Gasteiger partial charge < -0.3 is 10.4 Å². The number of urea groups is 1. The molecule has 0 saturated carbocycles. The third kappa shape index (κ3) is 4.14. The number of halogens is 1. The number of carboxylic acid groups (broad SMARTS) is 1. The number of rotatable bonds is 5. The average Bonchev–Trinajstić information content (AvgIpc) is 2.96. The summed E-state index contributed by atoms with van der Waals surface area (Å²) in [6, 6.07) is 5.65. The van der Waals surface area contributed by atoms with E-state index in [1.165, 1.54) is 0 Å². The molecule has 0 spiro atoms. The second-order valence-corrected chi connectivity index (χ2v) is 4.38. The van der Waals surface area contributed by atoms with E-state index in [0.29, 0.717) is 10.7 Å². The van der Waals surface area contributed by atoms with Gasteiger partial charge in [0.2, 0.25) is 0 Å². The van der Waals surface area contributed by atoms with Crippen LogP contribution in [-0.4, -0.2) is 44.3 Å². The molecule has 0 unspecified atom stereocenters. The highest BCUT2D eigenvalue weighted by molar-refractivity contribution is 6.30. The number of aromatic nitrogens is 4. The number of carbonyl (C=O) groups excluding carboxylic acids is 1. The van der Waals surface area contributed by atoms with Gasteiger partial charge in [0.25, 0.3) is 0 Å². The van der Waals surface area contributed by atoms with Crippen molar-refractivity contribution in [3.8, 4) is 0 Å². The van der Waals surface area contributed by atoms with Crippen LogP contribution < -0.4 is 10.2 Å². The van der Waals surface area contributed by atoms with Gasteiger partial charge in [0.05, 0.1) is 6.54 Å². The number of nitrogens with zero attached hydrogens (tertiary/aromatic N) is 4. The lowest BCUT2D eigenvalue weighted by atomic mass is 10.3. The number of nitrogens with one attached hydrogen (secondary N) is 2. The van der Waals surface area contributed by atoms with Crippen LogP contribution in [0.3, 0.4) is 0 Å². The number of anilines is 1. The van der Waals surface area contributed by atoms with Gasteiger partial charge in [0.1, 0.15) is 6.54 Å². The Kier molecular flexibility index (Phi) is 4.67. The van der Waals surface area contributed by atoms with Gasteiger partial charge in [0, 0.05) is 10.7 Å². The summed E-state index contributed by atoms with van der Waals surface area (Å²) in [4.78, 5) is 24.1. The fourth-order valence-electron chi connectivity index (χ4n) is 1.54. The van der Waals surface area contributed by atoms with Crippen molar-refractivity contribution in [3.63, 3.8) is 0 Å². The summed E-state index contributed by atoms with van der Waals surface area (Å²) in [5.74, 6) is -0.852. The van der Waals surface area contributed by atoms with Crippen LogP contribution in [0.4, 0.5) is 10.5 Å². The Bertz CT molecular complexity index is 615. The van der Waals surface area contributed by atoms with Crippen LogP contribution >= 0.6 is 11.6 Å². The third-order valence-corrected chi connectivity index (χ3v) is 2.72. The first-order valence-electron chi connectivity index (χ1n) is 5.81. The van der Waals surface area contributed by atoms with E-state index in [1.807, 2.05) is 0 Å². The predicted octanol–water partition coefficient (Wildman–Crippen LogP) is 0.654. The number of tetrazole rings is 1. The minimum Gasteiger partial charge on any atom is -0.480 e. The van der Waals surface area contributed by atoms with E-state index < -0.39 is 18.5 Å². The van der Waals surface area contributed by atoms with Gasteiger partial charge in [-0.2, -0.15) is 5.21 Å². The van der Waals surface area contributed by atoms with Gasteiger partial charge in [-0.25, -0.2) is 4.79 Å². The normalized spacial score (nSPS) is 10.1. The Morgan fingerprint density at radius 2 is 2.05 bits per heavy atom. The number of aromatic amines is 1. The molecular formula is C11H11ClN6O3. The molecule has 0 saturated heterocycles. The molecule has 2 amide bonds. The van der Waals surface area contributed by atoms with Crippen LogP contribution in [0.15, 0.2) is 24.3 Å². The fourth-order valence-corrected chi connectivity index (χ4v) is 1.67. The zero-order valence-corrected chi connectivity index (χ0v) is 11.4. The molecule has 0 fully saturated rings. The Hall–Kier alpha value is -2.68. The van der Waals surface area contributed by atoms with Crippen molar-refractivity contribution >= 4 is 29.3 Å². The van der Waals surface area contributed by atoms with Crippen molar-refractivity contribution in [1.29, 1.82) is 0 Å². The number of carbonyl (C=O) groups is 2. The van der Waals surface area contributed by atoms with Crippen LogP contribution in [0.1, 0.15) is 5.82 Å². The van der Waals surface area contributed by atoms with E-state index in [2.05, 4.69) is 25.9 Å². The highest BCUT2D eigenvalue weighted by atomic mass is 35.5. The monoisotopic (exact) mass is 310 g/mol. The fraction of sp³-hybridized carbons (Fsp3) is 0.182. The largest absolute Gasteiger partial charge is 0.480 e. The summed E-state index contributed by atoms with van der Waals surface area (Å²) < 4.78 is 0. The summed E-state index contributed by atoms with van der Waals surface area (Å²) in [6.45, 7) is -0.460. The van der Waals surface area contributed by atoms with Crippen molar-refractivity contribution in [1.82, 2.24) is 25.9 Å². The Balaban J connectivity index is 2.09. The highest BCUT2D eigenvalue weighted by Gasteiger charge is 2.19. The molecule has 1 aromatic heterocycles. The molecule has 1 heterocycles. The molecule has 110 valence electrons. The number of carboxylic acids is 1. The number of amides is 2. The molecule has 0 aliphatic carbocycles. The number of hydrogen-bond acceptors (Lipinski definition) is 5. The smallest absolute Gasteiger partial charge is 0.323 e. The molecule has 2 rings (SSSR count). The van der Waals surface area contributed by atoms with Crippen LogP contribution in [0.25, 0.3) is 0 Å². The molecule has 9 nitrogen and oxygen atoms in total.